The molecule has 2 aromatic rings. The number of benzene rings is 1. The van der Waals surface area contributed by atoms with Gasteiger partial charge in [0.2, 0.25) is 10.0 Å². The summed E-state index contributed by atoms with van der Waals surface area (Å²) in [6.07, 6.45) is 0.247. The minimum atomic E-state index is -3.81. The number of nitrogens with one attached hydrogen (secondary N) is 1. The van der Waals surface area contributed by atoms with Gasteiger partial charge in [0, 0.05) is 24.7 Å². The monoisotopic (exact) mass is 423 g/mol. The van der Waals surface area contributed by atoms with E-state index in [1.807, 2.05) is 6.07 Å². The van der Waals surface area contributed by atoms with Crippen LogP contribution in [0.15, 0.2) is 29.2 Å². The predicted molar refractivity (Wildman–Crippen MR) is 107 cm³/mol. The van der Waals surface area contributed by atoms with Crippen molar-refractivity contribution in [1.82, 2.24) is 14.1 Å². The molecule has 0 saturated heterocycles. The molecule has 2 rings (SSSR count). The average molecular weight is 424 g/mol. The lowest BCUT2D eigenvalue weighted by Gasteiger charge is -2.19. The van der Waals surface area contributed by atoms with Crippen molar-refractivity contribution in [2.45, 2.75) is 38.6 Å². The fraction of sp³-hybridized carbons (Fsp3) is 0.389. The molecule has 0 bridgehead atoms. The van der Waals surface area contributed by atoms with Gasteiger partial charge < -0.3 is 5.32 Å². The summed E-state index contributed by atoms with van der Waals surface area (Å²) in [5.74, 6) is -0.0633. The summed E-state index contributed by atoms with van der Waals surface area (Å²) in [4.78, 5) is 12.6. The Morgan fingerprint density at radius 3 is 2.61 bits per heavy atom. The van der Waals surface area contributed by atoms with Gasteiger partial charge in [0.05, 0.1) is 29.8 Å². The highest BCUT2D eigenvalue weighted by Gasteiger charge is 2.25. The molecule has 1 amide bonds. The maximum absolute atomic E-state index is 12.8. The van der Waals surface area contributed by atoms with Crippen LogP contribution in [0.25, 0.3) is 0 Å². The van der Waals surface area contributed by atoms with Gasteiger partial charge in [0.15, 0.2) is 0 Å². The lowest BCUT2D eigenvalue weighted by molar-refractivity contribution is 0.102. The number of carbonyl (C=O) groups is 1. The zero-order valence-corrected chi connectivity index (χ0v) is 17.5. The first-order valence-electron chi connectivity index (χ1n) is 8.77. The Hall–Kier alpha value is -2.41. The van der Waals surface area contributed by atoms with Crippen molar-refractivity contribution in [1.29, 1.82) is 5.26 Å². The van der Waals surface area contributed by atoms with E-state index in [9.17, 15) is 13.2 Å². The molecule has 0 aliphatic rings. The number of aromatic nitrogens is 2. The summed E-state index contributed by atoms with van der Waals surface area (Å²) in [5.41, 5.74) is 0.843. The Morgan fingerprint density at radius 2 is 2.00 bits per heavy atom. The molecular weight excluding hydrogens is 402 g/mol. The summed E-state index contributed by atoms with van der Waals surface area (Å²) in [6.45, 7) is 6.16. The topological polar surface area (TPSA) is 108 Å². The molecule has 0 fully saturated rings. The molecule has 8 nitrogen and oxygen atoms in total. The van der Waals surface area contributed by atoms with Crippen molar-refractivity contribution >= 4 is 33.3 Å². The van der Waals surface area contributed by atoms with E-state index in [-0.39, 0.29) is 21.9 Å². The SMILES string of the molecule is CCN(CC)S(=O)(=O)c1cc(C(=O)Nc2cc(C)nn2CCC#N)ccc1Cl. The highest BCUT2D eigenvalue weighted by Crippen LogP contribution is 2.26. The van der Waals surface area contributed by atoms with E-state index < -0.39 is 15.9 Å². The van der Waals surface area contributed by atoms with Gasteiger partial charge in [-0.05, 0) is 25.1 Å². The fourth-order valence-electron chi connectivity index (χ4n) is 2.71. The Labute approximate surface area is 169 Å². The molecule has 0 spiro atoms. The highest BCUT2D eigenvalue weighted by atomic mass is 35.5. The van der Waals surface area contributed by atoms with Gasteiger partial charge in [-0.2, -0.15) is 14.7 Å². The van der Waals surface area contributed by atoms with E-state index in [4.69, 9.17) is 16.9 Å². The molecule has 0 aliphatic carbocycles. The Kier molecular flexibility index (Phi) is 7.18. The van der Waals surface area contributed by atoms with E-state index in [0.717, 1.165) is 0 Å². The van der Waals surface area contributed by atoms with Crippen LogP contribution in [0.4, 0.5) is 5.82 Å². The van der Waals surface area contributed by atoms with Crippen LogP contribution < -0.4 is 5.32 Å². The number of halogens is 1. The molecule has 0 saturated carbocycles. The van der Waals surface area contributed by atoms with Gasteiger partial charge in [-0.1, -0.05) is 25.4 Å². The molecule has 1 aromatic carbocycles. The van der Waals surface area contributed by atoms with Crippen LogP contribution in [0.1, 0.15) is 36.3 Å². The first-order chi connectivity index (χ1) is 13.2. The van der Waals surface area contributed by atoms with Crippen molar-refractivity contribution in [3.63, 3.8) is 0 Å². The molecule has 0 radical (unpaired) electrons. The Balaban J connectivity index is 2.35. The molecule has 1 heterocycles. The number of nitrogens with zero attached hydrogens (tertiary/aromatic N) is 4. The maximum Gasteiger partial charge on any atom is 0.256 e. The molecule has 1 aromatic heterocycles. The van der Waals surface area contributed by atoms with Gasteiger partial charge in [0.1, 0.15) is 10.7 Å². The molecule has 150 valence electrons. The second-order valence-electron chi connectivity index (χ2n) is 5.99. The fourth-order valence-corrected chi connectivity index (χ4v) is 4.66. The minimum Gasteiger partial charge on any atom is -0.307 e. The lowest BCUT2D eigenvalue weighted by Crippen LogP contribution is -2.31. The number of aryl methyl sites for hydroxylation is 2. The number of anilines is 1. The standard InChI is InChI=1S/C18H22ClN5O3S/c1-4-23(5-2)28(26,27)16-12-14(7-8-15(16)19)18(25)21-17-11-13(3)22-24(17)10-6-9-20/h7-8,11-12H,4-6,10H2,1-3H3,(H,21,25). The van der Waals surface area contributed by atoms with Gasteiger partial charge in [0.25, 0.3) is 5.91 Å². The van der Waals surface area contributed by atoms with E-state index >= 15 is 0 Å². The number of amides is 1. The van der Waals surface area contributed by atoms with Gasteiger partial charge in [-0.25, -0.2) is 13.1 Å². The maximum atomic E-state index is 12.8. The average Bonchev–Trinajstić information content (AvgIpc) is 2.99. The number of carbonyl (C=O) groups excluding carboxylic acids is 1. The smallest absolute Gasteiger partial charge is 0.256 e. The van der Waals surface area contributed by atoms with Crippen LogP contribution in [0.5, 0.6) is 0 Å². The van der Waals surface area contributed by atoms with Gasteiger partial charge >= 0.3 is 0 Å². The van der Waals surface area contributed by atoms with Crippen LogP contribution in [0.3, 0.4) is 0 Å². The molecule has 10 heteroatoms. The number of hydrogen-bond acceptors (Lipinski definition) is 5. The van der Waals surface area contributed by atoms with E-state index in [1.165, 1.54) is 27.2 Å². The summed E-state index contributed by atoms with van der Waals surface area (Å²) in [7, 11) is -3.81. The summed E-state index contributed by atoms with van der Waals surface area (Å²) >= 11 is 6.11. The van der Waals surface area contributed by atoms with Crippen LogP contribution in [0.2, 0.25) is 5.02 Å². The molecule has 1 N–H and O–H groups in total. The van der Waals surface area contributed by atoms with Crippen LogP contribution in [0, 0.1) is 18.3 Å². The molecule has 28 heavy (non-hydrogen) atoms. The third-order valence-electron chi connectivity index (χ3n) is 4.10. The van der Waals surface area contributed by atoms with Crippen molar-refractivity contribution in [2.24, 2.45) is 0 Å². The van der Waals surface area contributed by atoms with Gasteiger partial charge in [-0.15, -0.1) is 0 Å². The van der Waals surface area contributed by atoms with Crippen LogP contribution >= 0.6 is 11.6 Å². The van der Waals surface area contributed by atoms with E-state index in [1.54, 1.807) is 26.8 Å². The third kappa shape index (κ3) is 4.70. The highest BCUT2D eigenvalue weighted by molar-refractivity contribution is 7.89. The second-order valence-corrected chi connectivity index (χ2v) is 8.30. The lowest BCUT2D eigenvalue weighted by atomic mass is 10.2. The number of hydrogen-bond donors (Lipinski definition) is 1. The van der Waals surface area contributed by atoms with Crippen molar-refractivity contribution in [3.8, 4) is 6.07 Å². The quantitative estimate of drug-likeness (QED) is 0.701. The normalized spacial score (nSPS) is 11.4. The van der Waals surface area contributed by atoms with Crippen LogP contribution in [-0.2, 0) is 16.6 Å². The molecular formula is C18H22ClN5O3S. The van der Waals surface area contributed by atoms with Gasteiger partial charge in [-0.3, -0.25) is 4.79 Å². The number of nitriles is 1. The third-order valence-corrected chi connectivity index (χ3v) is 6.63. The minimum absolute atomic E-state index is 0.0540. The van der Waals surface area contributed by atoms with Crippen molar-refractivity contribution < 1.29 is 13.2 Å². The summed E-state index contributed by atoms with van der Waals surface area (Å²) < 4.78 is 28.4. The van der Waals surface area contributed by atoms with E-state index in [2.05, 4.69) is 10.4 Å². The second kappa shape index (κ2) is 9.19. The Morgan fingerprint density at radius 1 is 1.32 bits per heavy atom. The van der Waals surface area contributed by atoms with Crippen molar-refractivity contribution in [3.05, 3.63) is 40.5 Å². The number of sulfonamides is 1. The summed E-state index contributed by atoms with van der Waals surface area (Å²) in [5, 5.41) is 15.8. The van der Waals surface area contributed by atoms with Crippen LogP contribution in [-0.4, -0.2) is 41.5 Å². The molecule has 0 unspecified atom stereocenters. The first kappa shape index (κ1) is 21.9. The Bertz CT molecular complexity index is 1010. The van der Waals surface area contributed by atoms with Crippen molar-refractivity contribution in [2.75, 3.05) is 18.4 Å². The first-order valence-corrected chi connectivity index (χ1v) is 10.6. The zero-order valence-electron chi connectivity index (χ0n) is 15.9. The van der Waals surface area contributed by atoms with E-state index in [0.29, 0.717) is 31.1 Å². The molecule has 0 atom stereocenters. The predicted octanol–water partition coefficient (Wildman–Crippen LogP) is 3.04. The molecule has 0 aliphatic heterocycles. The largest absolute Gasteiger partial charge is 0.307 e. The zero-order chi connectivity index (χ0) is 20.9. The number of rotatable bonds is 8. The summed E-state index contributed by atoms with van der Waals surface area (Å²) in [6, 6.07) is 7.84.